The van der Waals surface area contributed by atoms with E-state index >= 15 is 0 Å². The summed E-state index contributed by atoms with van der Waals surface area (Å²) >= 11 is 0. The lowest BCUT2D eigenvalue weighted by molar-refractivity contribution is 0.311. The van der Waals surface area contributed by atoms with Gasteiger partial charge in [-0.05, 0) is 45.0 Å². The molecule has 0 fully saturated rings. The number of hydrogen-bond acceptors (Lipinski definition) is 6. The number of methoxy groups -OCH3 is 1. The Morgan fingerprint density at radius 1 is 0.971 bits per heavy atom. The third-order valence-electron chi connectivity index (χ3n) is 5.87. The van der Waals surface area contributed by atoms with Crippen LogP contribution in [-0.4, -0.2) is 32.9 Å². The highest BCUT2D eigenvalue weighted by atomic mass is 16.5. The first kappa shape index (κ1) is 22.5. The number of aryl methyl sites for hydroxylation is 2. The molecule has 0 N–H and O–H groups in total. The lowest BCUT2D eigenvalue weighted by atomic mass is 10.1. The maximum absolute atomic E-state index is 13.2. The number of nitrogens with zero attached hydrogens (tertiary/aromatic N) is 4. The monoisotopic (exact) mass is 470 g/mol. The molecule has 0 aliphatic rings. The van der Waals surface area contributed by atoms with Crippen molar-refractivity contribution in [3.63, 3.8) is 0 Å². The van der Waals surface area contributed by atoms with Crippen molar-refractivity contribution >= 4 is 5.52 Å². The van der Waals surface area contributed by atoms with Crippen molar-refractivity contribution in [1.82, 2.24) is 19.2 Å². The van der Waals surface area contributed by atoms with E-state index in [-0.39, 0.29) is 12.1 Å². The van der Waals surface area contributed by atoms with Gasteiger partial charge in [0.05, 0.1) is 26.0 Å². The van der Waals surface area contributed by atoms with Gasteiger partial charge in [-0.2, -0.15) is 5.10 Å². The second-order valence-corrected chi connectivity index (χ2v) is 8.28. The molecule has 0 bridgehead atoms. The first-order valence-electron chi connectivity index (χ1n) is 11.4. The second-order valence-electron chi connectivity index (χ2n) is 8.28. The fourth-order valence-corrected chi connectivity index (χ4v) is 3.95. The van der Waals surface area contributed by atoms with E-state index in [2.05, 4.69) is 10.1 Å². The van der Waals surface area contributed by atoms with Crippen LogP contribution in [0.2, 0.25) is 0 Å². The van der Waals surface area contributed by atoms with Gasteiger partial charge in [-0.1, -0.05) is 29.8 Å². The second kappa shape index (κ2) is 9.13. The first-order valence-corrected chi connectivity index (χ1v) is 11.4. The summed E-state index contributed by atoms with van der Waals surface area (Å²) in [7, 11) is 1.59. The largest absolute Gasteiger partial charge is 0.493 e. The summed E-state index contributed by atoms with van der Waals surface area (Å²) in [6.45, 7) is 6.62. The molecule has 178 valence electrons. The van der Waals surface area contributed by atoms with Gasteiger partial charge in [0.25, 0.3) is 5.56 Å². The van der Waals surface area contributed by atoms with Gasteiger partial charge in [0.2, 0.25) is 5.89 Å². The van der Waals surface area contributed by atoms with E-state index in [9.17, 15) is 4.79 Å². The summed E-state index contributed by atoms with van der Waals surface area (Å²) in [5.74, 6) is 2.37. The molecular weight excluding hydrogens is 444 g/mol. The summed E-state index contributed by atoms with van der Waals surface area (Å²) < 4.78 is 20.2. The van der Waals surface area contributed by atoms with Crippen molar-refractivity contribution in [2.45, 2.75) is 27.3 Å². The zero-order valence-corrected chi connectivity index (χ0v) is 20.1. The molecule has 0 radical (unpaired) electrons. The van der Waals surface area contributed by atoms with Crippen molar-refractivity contribution in [3.05, 3.63) is 88.3 Å². The van der Waals surface area contributed by atoms with Crippen molar-refractivity contribution < 1.29 is 13.9 Å². The molecule has 0 aliphatic carbocycles. The molecule has 3 aromatic heterocycles. The number of hydrogen-bond donors (Lipinski definition) is 0. The average Bonchev–Trinajstić information content (AvgIpc) is 3.46. The van der Waals surface area contributed by atoms with E-state index < -0.39 is 0 Å². The van der Waals surface area contributed by atoms with Crippen LogP contribution in [-0.2, 0) is 6.54 Å². The average molecular weight is 471 g/mol. The molecule has 2 aromatic carbocycles. The molecule has 5 aromatic rings. The molecule has 0 atom stereocenters. The quantitative estimate of drug-likeness (QED) is 0.337. The fourth-order valence-electron chi connectivity index (χ4n) is 3.95. The Labute approximate surface area is 202 Å². The SMILES string of the molecule is CCOc1ccc(-c2nc(Cn3ccn4nc(-c5ccc(C)cc5)cc4c3=O)c(C)o2)cc1OC. The van der Waals surface area contributed by atoms with Gasteiger partial charge >= 0.3 is 0 Å². The van der Waals surface area contributed by atoms with Crippen LogP contribution in [0, 0.1) is 13.8 Å². The highest BCUT2D eigenvalue weighted by molar-refractivity contribution is 5.65. The lowest BCUT2D eigenvalue weighted by Gasteiger charge is -2.09. The van der Waals surface area contributed by atoms with Gasteiger partial charge in [-0.15, -0.1) is 0 Å². The Hall–Kier alpha value is -4.33. The van der Waals surface area contributed by atoms with E-state index in [0.29, 0.717) is 41.0 Å². The molecule has 0 amide bonds. The molecule has 35 heavy (non-hydrogen) atoms. The predicted octanol–water partition coefficient (Wildman–Crippen LogP) is 4.89. The minimum Gasteiger partial charge on any atom is -0.493 e. The molecule has 0 saturated heterocycles. The first-order chi connectivity index (χ1) is 17.0. The van der Waals surface area contributed by atoms with Crippen LogP contribution in [0.1, 0.15) is 23.9 Å². The molecule has 8 nitrogen and oxygen atoms in total. The van der Waals surface area contributed by atoms with Crippen LogP contribution in [0.25, 0.3) is 28.2 Å². The third kappa shape index (κ3) is 4.30. The Kier molecular flexibility index (Phi) is 5.86. The highest BCUT2D eigenvalue weighted by Gasteiger charge is 2.16. The van der Waals surface area contributed by atoms with Gasteiger partial charge in [0.1, 0.15) is 17.0 Å². The topological polar surface area (TPSA) is 83.8 Å². The molecule has 8 heteroatoms. The van der Waals surface area contributed by atoms with Gasteiger partial charge in [0, 0.05) is 23.5 Å². The van der Waals surface area contributed by atoms with Crippen molar-refractivity contribution in [2.75, 3.05) is 13.7 Å². The standard InChI is InChI=1S/C27H26N4O4/c1-5-34-24-11-10-20(14-25(24)33-4)26-28-22(18(3)35-26)16-30-12-13-31-23(27(30)32)15-21(29-31)19-8-6-17(2)7-9-19/h6-15H,5,16H2,1-4H3. The van der Waals surface area contributed by atoms with Crippen LogP contribution >= 0.6 is 0 Å². The normalized spacial score (nSPS) is 11.2. The summed E-state index contributed by atoms with van der Waals surface area (Å²) in [6.07, 6.45) is 3.50. The zero-order chi connectivity index (χ0) is 24.5. The number of ether oxygens (including phenoxy) is 2. The number of oxazole rings is 1. The number of benzene rings is 2. The van der Waals surface area contributed by atoms with Crippen LogP contribution in [0.3, 0.4) is 0 Å². The van der Waals surface area contributed by atoms with Gasteiger partial charge in [-0.3, -0.25) is 4.79 Å². The lowest BCUT2D eigenvalue weighted by Crippen LogP contribution is -2.22. The number of fused-ring (bicyclic) bond motifs is 1. The molecule has 0 aliphatic heterocycles. The van der Waals surface area contributed by atoms with Crippen LogP contribution in [0.15, 0.2) is 70.1 Å². The summed E-state index contributed by atoms with van der Waals surface area (Å²) in [5, 5.41) is 4.57. The van der Waals surface area contributed by atoms with E-state index in [1.807, 2.05) is 69.3 Å². The summed E-state index contributed by atoms with van der Waals surface area (Å²) in [6, 6.07) is 15.4. The zero-order valence-electron chi connectivity index (χ0n) is 20.1. The van der Waals surface area contributed by atoms with Crippen LogP contribution in [0.5, 0.6) is 11.5 Å². The van der Waals surface area contributed by atoms with Gasteiger partial charge in [-0.25, -0.2) is 9.50 Å². The molecule has 3 heterocycles. The molecule has 0 spiro atoms. The van der Waals surface area contributed by atoms with Crippen molar-refractivity contribution in [1.29, 1.82) is 0 Å². The predicted molar refractivity (Wildman–Crippen MR) is 133 cm³/mol. The highest BCUT2D eigenvalue weighted by Crippen LogP contribution is 2.33. The molecule has 0 saturated carbocycles. The van der Waals surface area contributed by atoms with Crippen molar-refractivity contribution in [2.24, 2.45) is 0 Å². The fraction of sp³-hybridized carbons (Fsp3) is 0.222. The Balaban J connectivity index is 1.45. The number of rotatable bonds is 7. The third-order valence-corrected chi connectivity index (χ3v) is 5.87. The molecule has 0 unspecified atom stereocenters. The minimum absolute atomic E-state index is 0.148. The van der Waals surface area contributed by atoms with Gasteiger partial charge < -0.3 is 18.5 Å². The molecular formula is C27H26N4O4. The van der Waals surface area contributed by atoms with E-state index in [1.165, 1.54) is 5.56 Å². The van der Waals surface area contributed by atoms with Crippen LogP contribution < -0.4 is 15.0 Å². The minimum atomic E-state index is -0.148. The van der Waals surface area contributed by atoms with E-state index in [1.54, 1.807) is 28.6 Å². The summed E-state index contributed by atoms with van der Waals surface area (Å²) in [4.78, 5) is 17.9. The van der Waals surface area contributed by atoms with E-state index in [4.69, 9.17) is 13.9 Å². The Bertz CT molecular complexity index is 1560. The Morgan fingerprint density at radius 3 is 2.49 bits per heavy atom. The van der Waals surface area contributed by atoms with Gasteiger partial charge in [0.15, 0.2) is 11.5 Å². The van der Waals surface area contributed by atoms with Crippen molar-refractivity contribution in [3.8, 4) is 34.2 Å². The summed E-state index contributed by atoms with van der Waals surface area (Å²) in [5.41, 5.74) is 4.69. The maximum atomic E-state index is 13.2. The van der Waals surface area contributed by atoms with E-state index in [0.717, 1.165) is 16.8 Å². The molecule has 5 rings (SSSR count). The smallest absolute Gasteiger partial charge is 0.276 e. The Morgan fingerprint density at radius 2 is 1.74 bits per heavy atom. The van der Waals surface area contributed by atoms with Crippen LogP contribution in [0.4, 0.5) is 0 Å². The number of aromatic nitrogens is 4. The maximum Gasteiger partial charge on any atom is 0.276 e.